The topological polar surface area (TPSA) is 95.9 Å². The van der Waals surface area contributed by atoms with Crippen molar-refractivity contribution in [2.75, 3.05) is 13.2 Å². The zero-order valence-electron chi connectivity index (χ0n) is 53.2. The monoisotopic (exact) mass is 1100 g/mol. The largest absolute Gasteiger partial charge is 0.466 e. The molecule has 0 heterocycles. The first-order valence-corrected chi connectivity index (χ1v) is 35.9. The fourth-order valence-electron chi connectivity index (χ4n) is 11.6. The van der Waals surface area contributed by atoms with Crippen molar-refractivity contribution in [3.05, 3.63) is 12.2 Å². The molecular weight excluding hydrogens is 959 g/mol. The first-order valence-electron chi connectivity index (χ1n) is 35.9. The Labute approximate surface area is 489 Å². The molecule has 78 heavy (non-hydrogen) atoms. The van der Waals surface area contributed by atoms with E-state index < -0.39 is 12.1 Å². The van der Waals surface area contributed by atoms with Crippen LogP contribution in [0.2, 0.25) is 0 Å². The molecule has 0 spiro atoms. The van der Waals surface area contributed by atoms with E-state index in [0.717, 1.165) is 44.9 Å². The third-order valence-electron chi connectivity index (χ3n) is 17.1. The molecule has 0 rings (SSSR count). The fourth-order valence-corrected chi connectivity index (χ4v) is 11.6. The van der Waals surface area contributed by atoms with E-state index in [2.05, 4.69) is 31.3 Å². The van der Waals surface area contributed by atoms with E-state index in [0.29, 0.717) is 25.9 Å². The summed E-state index contributed by atoms with van der Waals surface area (Å²) in [4.78, 5) is 24.7. The van der Waals surface area contributed by atoms with Gasteiger partial charge in [-0.25, -0.2) is 0 Å². The smallest absolute Gasteiger partial charge is 0.305 e. The van der Waals surface area contributed by atoms with Crippen molar-refractivity contribution in [3.63, 3.8) is 0 Å². The zero-order valence-corrected chi connectivity index (χ0v) is 53.2. The second-order valence-electron chi connectivity index (χ2n) is 24.9. The van der Waals surface area contributed by atoms with Gasteiger partial charge in [-0.2, -0.15) is 0 Å². The number of rotatable bonds is 68. The molecule has 0 aromatic carbocycles. The van der Waals surface area contributed by atoms with Gasteiger partial charge in [-0.05, 0) is 51.4 Å². The number of allylic oxidation sites excluding steroid dienone is 2. The van der Waals surface area contributed by atoms with Crippen LogP contribution < -0.4 is 5.32 Å². The van der Waals surface area contributed by atoms with Gasteiger partial charge < -0.3 is 20.3 Å². The molecule has 0 aliphatic carbocycles. The van der Waals surface area contributed by atoms with E-state index in [1.54, 1.807) is 0 Å². The number of ether oxygens (including phenoxy) is 1. The molecule has 6 heteroatoms. The van der Waals surface area contributed by atoms with Gasteiger partial charge in [0.1, 0.15) is 0 Å². The molecule has 6 nitrogen and oxygen atoms in total. The molecule has 0 aromatic heterocycles. The summed E-state index contributed by atoms with van der Waals surface area (Å²) >= 11 is 0. The molecule has 1 amide bonds. The second-order valence-corrected chi connectivity index (χ2v) is 24.9. The molecule has 0 aliphatic rings. The van der Waals surface area contributed by atoms with Crippen LogP contribution in [0.25, 0.3) is 0 Å². The second kappa shape index (κ2) is 68.1. The summed E-state index contributed by atoms with van der Waals surface area (Å²) in [6.45, 7) is 4.99. The van der Waals surface area contributed by atoms with Crippen LogP contribution in [0.3, 0.4) is 0 Å². The van der Waals surface area contributed by atoms with Gasteiger partial charge in [0.15, 0.2) is 0 Å². The Balaban J connectivity index is 3.38. The molecule has 2 unspecified atom stereocenters. The maximum atomic E-state index is 12.6. The minimum Gasteiger partial charge on any atom is -0.466 e. The average molecular weight is 1100 g/mol. The molecule has 0 saturated carbocycles. The maximum Gasteiger partial charge on any atom is 0.305 e. The minimum atomic E-state index is -0.667. The Morgan fingerprint density at radius 2 is 0.603 bits per heavy atom. The van der Waals surface area contributed by atoms with Crippen molar-refractivity contribution < 1.29 is 24.5 Å². The highest BCUT2D eigenvalue weighted by Gasteiger charge is 2.20. The zero-order chi connectivity index (χ0) is 56.4. The molecule has 3 N–H and O–H groups in total. The van der Waals surface area contributed by atoms with Crippen LogP contribution in [-0.2, 0) is 14.3 Å². The lowest BCUT2D eigenvalue weighted by molar-refractivity contribution is -0.143. The minimum absolute atomic E-state index is 0.00776. The van der Waals surface area contributed by atoms with Crippen LogP contribution in [-0.4, -0.2) is 47.4 Å². The fraction of sp³-hybridized carbons (Fsp3) is 0.944. The van der Waals surface area contributed by atoms with Gasteiger partial charge in [-0.1, -0.05) is 360 Å². The number of unbranched alkanes of at least 4 members (excludes halogenated alkanes) is 55. The van der Waals surface area contributed by atoms with Crippen molar-refractivity contribution in [1.82, 2.24) is 5.32 Å². The van der Waals surface area contributed by atoms with E-state index in [9.17, 15) is 19.8 Å². The van der Waals surface area contributed by atoms with Crippen molar-refractivity contribution in [2.45, 2.75) is 424 Å². The summed E-state index contributed by atoms with van der Waals surface area (Å²) in [6, 6.07) is -0.545. The molecule has 2 atom stereocenters. The summed E-state index contributed by atoms with van der Waals surface area (Å²) in [6.07, 6.45) is 84.0. The Morgan fingerprint density at radius 1 is 0.346 bits per heavy atom. The first kappa shape index (κ1) is 76.6. The normalized spacial score (nSPS) is 12.5. The number of hydrogen-bond acceptors (Lipinski definition) is 5. The first-order chi connectivity index (χ1) is 38.5. The number of aliphatic hydroxyl groups is 2. The lowest BCUT2D eigenvalue weighted by Crippen LogP contribution is -2.45. The van der Waals surface area contributed by atoms with Gasteiger partial charge in [-0.3, -0.25) is 9.59 Å². The molecule has 0 saturated heterocycles. The maximum absolute atomic E-state index is 12.6. The standard InChI is InChI=1S/C72H141NO5/c1-3-5-7-9-11-13-15-17-19-21-23-24-25-26-27-29-32-36-40-44-48-52-56-60-64-70(75)69(68-74)73-71(76)65-61-57-53-49-45-41-37-33-30-28-31-35-39-43-47-51-55-59-63-67-78-72(77)66-62-58-54-50-46-42-38-34-22-20-18-16-14-12-10-8-6-4-2/h20,22,69-70,74-75H,3-19,21,23-68H2,1-2H3,(H,73,76)/b22-20-. The molecule has 0 radical (unpaired) electrons. The summed E-state index contributed by atoms with van der Waals surface area (Å²) in [7, 11) is 0. The highest BCUT2D eigenvalue weighted by Crippen LogP contribution is 2.19. The van der Waals surface area contributed by atoms with Gasteiger partial charge in [0, 0.05) is 12.8 Å². The number of carbonyl (C=O) groups excluding carboxylic acids is 2. The number of nitrogens with one attached hydrogen (secondary N) is 1. The van der Waals surface area contributed by atoms with Gasteiger partial charge in [0.2, 0.25) is 5.91 Å². The summed E-state index contributed by atoms with van der Waals surface area (Å²) < 4.78 is 5.50. The molecule has 464 valence electrons. The van der Waals surface area contributed by atoms with Crippen molar-refractivity contribution in [1.29, 1.82) is 0 Å². The number of carbonyl (C=O) groups is 2. The van der Waals surface area contributed by atoms with E-state index in [-0.39, 0.29) is 18.5 Å². The van der Waals surface area contributed by atoms with Gasteiger partial charge in [0.05, 0.1) is 25.4 Å². The number of amides is 1. The third-order valence-corrected chi connectivity index (χ3v) is 17.1. The molecular formula is C72H141NO5. The molecule has 0 aromatic rings. The van der Waals surface area contributed by atoms with Crippen LogP contribution in [0.5, 0.6) is 0 Å². The Kier molecular flexibility index (Phi) is 66.9. The van der Waals surface area contributed by atoms with Crippen molar-refractivity contribution >= 4 is 11.9 Å². The predicted molar refractivity (Wildman–Crippen MR) is 343 cm³/mol. The number of esters is 1. The predicted octanol–water partition coefficient (Wildman–Crippen LogP) is 23.1. The van der Waals surface area contributed by atoms with Crippen LogP contribution in [0, 0.1) is 0 Å². The summed E-state index contributed by atoms with van der Waals surface area (Å²) in [5.74, 6) is -0.0247. The van der Waals surface area contributed by atoms with Crippen LogP contribution >= 0.6 is 0 Å². The molecule has 0 bridgehead atoms. The lowest BCUT2D eigenvalue weighted by Gasteiger charge is -2.22. The van der Waals surface area contributed by atoms with Gasteiger partial charge in [0.25, 0.3) is 0 Å². The van der Waals surface area contributed by atoms with E-state index in [1.165, 1.54) is 334 Å². The van der Waals surface area contributed by atoms with E-state index in [4.69, 9.17) is 4.74 Å². The van der Waals surface area contributed by atoms with E-state index >= 15 is 0 Å². The van der Waals surface area contributed by atoms with Crippen LogP contribution in [0.1, 0.15) is 412 Å². The Hall–Kier alpha value is -1.40. The quantitative estimate of drug-likeness (QED) is 0.0320. The third kappa shape index (κ3) is 63.8. The number of hydrogen-bond donors (Lipinski definition) is 3. The van der Waals surface area contributed by atoms with E-state index in [1.807, 2.05) is 0 Å². The SMILES string of the molecule is CCCCCCCCC/C=C\CCCCCCCCCC(=O)OCCCCCCCCCCCCCCCCCCCCCC(=O)NC(CO)C(O)CCCCCCCCCCCCCCCCCCCCCCCCCC. The average Bonchev–Trinajstić information content (AvgIpc) is 3.44. The highest BCUT2D eigenvalue weighted by atomic mass is 16.5. The molecule has 0 aliphatic heterocycles. The highest BCUT2D eigenvalue weighted by molar-refractivity contribution is 5.76. The summed E-state index contributed by atoms with van der Waals surface area (Å²) in [5.41, 5.74) is 0. The van der Waals surface area contributed by atoms with Crippen LogP contribution in [0.15, 0.2) is 12.2 Å². The van der Waals surface area contributed by atoms with Crippen molar-refractivity contribution in [3.8, 4) is 0 Å². The number of aliphatic hydroxyl groups excluding tert-OH is 2. The Bertz CT molecular complexity index is 1180. The Morgan fingerprint density at radius 3 is 0.910 bits per heavy atom. The molecule has 0 fully saturated rings. The van der Waals surface area contributed by atoms with Gasteiger partial charge in [-0.15, -0.1) is 0 Å². The van der Waals surface area contributed by atoms with Gasteiger partial charge >= 0.3 is 5.97 Å². The lowest BCUT2D eigenvalue weighted by atomic mass is 10.0. The van der Waals surface area contributed by atoms with Crippen molar-refractivity contribution in [2.24, 2.45) is 0 Å². The summed E-state index contributed by atoms with van der Waals surface area (Å²) in [5, 5.41) is 23.4. The van der Waals surface area contributed by atoms with Crippen LogP contribution in [0.4, 0.5) is 0 Å².